The van der Waals surface area contributed by atoms with E-state index in [-0.39, 0.29) is 52.6 Å². The van der Waals surface area contributed by atoms with Crippen LogP contribution in [-0.2, 0) is 26.0 Å². The zero-order chi connectivity index (χ0) is 29.0. The number of amides is 2. The normalized spacial score (nSPS) is 14.9. The Morgan fingerprint density at radius 3 is 2.33 bits per heavy atom. The van der Waals surface area contributed by atoms with Gasteiger partial charge < -0.3 is 14.8 Å². The van der Waals surface area contributed by atoms with Crippen LogP contribution in [0.2, 0.25) is 0 Å². The second-order valence-corrected chi connectivity index (χ2v) is 11.8. The maximum absolute atomic E-state index is 14.7. The Labute approximate surface area is 269 Å². The fraction of sp³-hybridized carbons (Fsp3) is 0.0645. The Hall–Kier alpha value is -3.54. The number of carbonyl (C=O) groups is 2. The van der Waals surface area contributed by atoms with Gasteiger partial charge in [-0.25, -0.2) is 17.8 Å². The first-order valence-corrected chi connectivity index (χ1v) is 14.7. The molecule has 1 heterocycles. The monoisotopic (exact) mass is 607 g/mol. The van der Waals surface area contributed by atoms with Crippen LogP contribution in [0.5, 0.6) is 0 Å². The third-order valence-corrected chi connectivity index (χ3v) is 8.31. The van der Waals surface area contributed by atoms with Crippen LogP contribution in [0, 0.1) is 12.7 Å². The number of halogens is 1. The van der Waals surface area contributed by atoms with Crippen molar-refractivity contribution >= 4 is 50.5 Å². The molecule has 1 N–H and O–H groups in total. The smallest absolute Gasteiger partial charge is 0.541 e. The Kier molecular flexibility index (Phi) is 10.2. The molecular weight excluding hydrogens is 584 g/mol. The molecule has 4 aromatic carbocycles. The van der Waals surface area contributed by atoms with Crippen LogP contribution in [0.1, 0.15) is 16.7 Å². The Bertz CT molecular complexity index is 1790. The SMILES string of the molecule is Cc1ccc(S(=O)(=O)[N-]C(=O)Cc2ccc(N=C3NC(=O)C(=Cc4ccc(-c5ccccc5)c(F)c4)S3)cc2)cc1.[Na+]. The van der Waals surface area contributed by atoms with E-state index in [0.717, 1.165) is 22.9 Å². The summed E-state index contributed by atoms with van der Waals surface area (Å²) in [6, 6.07) is 26.7. The van der Waals surface area contributed by atoms with Crippen molar-refractivity contribution in [1.82, 2.24) is 5.32 Å². The maximum atomic E-state index is 14.7. The summed E-state index contributed by atoms with van der Waals surface area (Å²) in [4.78, 5) is 29.6. The van der Waals surface area contributed by atoms with Crippen LogP contribution in [0.4, 0.5) is 10.1 Å². The van der Waals surface area contributed by atoms with Crippen LogP contribution in [0.15, 0.2) is 112 Å². The van der Waals surface area contributed by atoms with Gasteiger partial charge in [0.15, 0.2) is 5.17 Å². The van der Waals surface area contributed by atoms with Gasteiger partial charge in [0.1, 0.15) is 15.8 Å². The summed E-state index contributed by atoms with van der Waals surface area (Å²) < 4.78 is 42.9. The molecule has 0 radical (unpaired) electrons. The molecule has 1 aliphatic rings. The first-order chi connectivity index (χ1) is 19.7. The molecule has 0 aliphatic carbocycles. The minimum absolute atomic E-state index is 0. The molecule has 206 valence electrons. The number of nitrogens with zero attached hydrogens (tertiary/aromatic N) is 2. The number of nitrogens with one attached hydrogen (secondary N) is 1. The topological polar surface area (TPSA) is 107 Å². The van der Waals surface area contributed by atoms with Crippen LogP contribution < -0.4 is 34.9 Å². The van der Waals surface area contributed by atoms with E-state index in [9.17, 15) is 22.4 Å². The number of sulfonamides is 1. The van der Waals surface area contributed by atoms with E-state index in [1.807, 2.05) is 37.3 Å². The molecule has 0 saturated carbocycles. The average molecular weight is 608 g/mol. The number of aliphatic imine (C=N–C) groups is 1. The molecule has 1 fully saturated rings. The quantitative estimate of drug-likeness (QED) is 0.256. The molecule has 11 heteroatoms. The summed E-state index contributed by atoms with van der Waals surface area (Å²) in [7, 11) is -4.09. The van der Waals surface area contributed by atoms with Gasteiger partial charge in [0.05, 0.1) is 21.4 Å². The van der Waals surface area contributed by atoms with Crippen molar-refractivity contribution in [3.05, 3.63) is 129 Å². The van der Waals surface area contributed by atoms with E-state index < -0.39 is 15.9 Å². The van der Waals surface area contributed by atoms with E-state index in [1.165, 1.54) is 18.2 Å². The molecular formula is C31H23FN3NaO4S2. The summed E-state index contributed by atoms with van der Waals surface area (Å²) in [5.74, 6) is -1.52. The number of amidine groups is 1. The largest absolute Gasteiger partial charge is 1.00 e. The zero-order valence-electron chi connectivity index (χ0n) is 22.7. The van der Waals surface area contributed by atoms with Crippen molar-refractivity contribution < 1.29 is 52.0 Å². The molecule has 0 spiro atoms. The maximum Gasteiger partial charge on any atom is 1.00 e. The number of hydrogen-bond donors (Lipinski definition) is 1. The minimum Gasteiger partial charge on any atom is -0.541 e. The van der Waals surface area contributed by atoms with Gasteiger partial charge in [-0.1, -0.05) is 72.3 Å². The van der Waals surface area contributed by atoms with Gasteiger partial charge >= 0.3 is 29.6 Å². The number of carbonyl (C=O) groups excluding carboxylic acids is 2. The Morgan fingerprint density at radius 2 is 1.67 bits per heavy atom. The van der Waals surface area contributed by atoms with Crippen molar-refractivity contribution in [3.63, 3.8) is 0 Å². The van der Waals surface area contributed by atoms with Gasteiger partial charge in [0.2, 0.25) is 0 Å². The van der Waals surface area contributed by atoms with Crippen molar-refractivity contribution in [2.75, 3.05) is 0 Å². The molecule has 0 bridgehead atoms. The second-order valence-electron chi connectivity index (χ2n) is 9.20. The number of hydrogen-bond acceptors (Lipinski definition) is 6. The van der Waals surface area contributed by atoms with Crippen LogP contribution >= 0.6 is 11.8 Å². The molecule has 5 rings (SSSR count). The summed E-state index contributed by atoms with van der Waals surface area (Å²) >= 11 is 1.13. The van der Waals surface area contributed by atoms with Gasteiger partial charge in [-0.05, 0) is 71.8 Å². The molecule has 2 amide bonds. The standard InChI is InChI=1S/C31H24FN3O4S2.Na/c1-20-7-14-25(15-8-20)41(38,39)35-29(36)19-21-9-12-24(13-10-21)33-31-34-30(37)28(40-31)18-22-11-16-26(27(32)17-22)23-5-3-2-4-6-23;/h2-18H,19H2,1H3,(H2,33,34,35,36,37);/q;+1/p-1. The second kappa shape index (κ2) is 13.6. The predicted molar refractivity (Wildman–Crippen MR) is 160 cm³/mol. The Morgan fingerprint density at radius 1 is 0.976 bits per heavy atom. The van der Waals surface area contributed by atoms with Crippen molar-refractivity contribution in [2.45, 2.75) is 18.2 Å². The third kappa shape index (κ3) is 7.84. The number of thioether (sulfide) groups is 1. The molecule has 1 saturated heterocycles. The van der Waals surface area contributed by atoms with Crippen molar-refractivity contribution in [3.8, 4) is 11.1 Å². The summed E-state index contributed by atoms with van der Waals surface area (Å²) in [6.07, 6.45) is 1.41. The van der Waals surface area contributed by atoms with Crippen molar-refractivity contribution in [1.29, 1.82) is 0 Å². The molecule has 1 aliphatic heterocycles. The van der Waals surface area contributed by atoms with Gasteiger partial charge in [0.25, 0.3) is 5.91 Å². The zero-order valence-corrected chi connectivity index (χ0v) is 26.4. The van der Waals surface area contributed by atoms with Crippen LogP contribution in [-0.4, -0.2) is 25.4 Å². The number of benzene rings is 4. The summed E-state index contributed by atoms with van der Waals surface area (Å²) in [5.41, 5.74) is 3.77. The van der Waals surface area contributed by atoms with Gasteiger partial charge in [-0.2, -0.15) is 0 Å². The number of rotatable bonds is 7. The predicted octanol–water partition coefficient (Wildman–Crippen LogP) is 3.53. The van der Waals surface area contributed by atoms with Gasteiger partial charge in [-0.3, -0.25) is 4.79 Å². The van der Waals surface area contributed by atoms with E-state index in [0.29, 0.717) is 32.5 Å². The molecule has 0 unspecified atom stereocenters. The first kappa shape index (κ1) is 31.4. The van der Waals surface area contributed by atoms with Gasteiger partial charge in [-0.15, -0.1) is 0 Å². The third-order valence-electron chi connectivity index (χ3n) is 6.09. The van der Waals surface area contributed by atoms with E-state index in [2.05, 4.69) is 15.0 Å². The molecule has 42 heavy (non-hydrogen) atoms. The molecule has 7 nitrogen and oxygen atoms in total. The minimum atomic E-state index is -4.09. The van der Waals surface area contributed by atoms with Crippen molar-refractivity contribution in [2.24, 2.45) is 4.99 Å². The van der Waals surface area contributed by atoms with E-state index in [4.69, 9.17) is 0 Å². The fourth-order valence-corrected chi connectivity index (χ4v) is 5.77. The van der Waals surface area contributed by atoms with E-state index in [1.54, 1.807) is 54.6 Å². The molecule has 4 aromatic rings. The first-order valence-electron chi connectivity index (χ1n) is 12.5. The van der Waals surface area contributed by atoms with Crippen LogP contribution in [0.25, 0.3) is 21.9 Å². The molecule has 0 aromatic heterocycles. The molecule has 0 atom stereocenters. The fourth-order valence-electron chi connectivity index (χ4n) is 4.01. The average Bonchev–Trinajstić information content (AvgIpc) is 3.28. The summed E-state index contributed by atoms with van der Waals surface area (Å²) in [5, 5.41) is 3.04. The number of aryl methyl sites for hydroxylation is 1. The van der Waals surface area contributed by atoms with Crippen LogP contribution in [0.3, 0.4) is 0 Å². The summed E-state index contributed by atoms with van der Waals surface area (Å²) in [6.45, 7) is 1.83. The van der Waals surface area contributed by atoms with E-state index >= 15 is 0 Å². The Balaban J connectivity index is 0.00000405. The van der Waals surface area contributed by atoms with Gasteiger partial charge in [0, 0.05) is 12.0 Å².